The van der Waals surface area contributed by atoms with Crippen LogP contribution < -0.4 is 282 Å². The summed E-state index contributed by atoms with van der Waals surface area (Å²) < 4.78 is 0. The van der Waals surface area contributed by atoms with Crippen LogP contribution in [0.3, 0.4) is 0 Å². The van der Waals surface area contributed by atoms with Gasteiger partial charge in [0, 0.05) is 33.2 Å². The Morgan fingerprint density at radius 1 is 0.500 bits per heavy atom. The third kappa shape index (κ3) is 9.60. The Labute approximate surface area is 381 Å². The first kappa shape index (κ1) is 41.4. The average Bonchev–Trinajstić information content (AvgIpc) is 2.50. The largest absolute Gasteiger partial charge is 1.00 e. The number of carbonyl (C=O) groups excluding carboxylic acids is 5. The number of hydrogen-bond acceptors (Lipinski definition) is 10. The van der Waals surface area contributed by atoms with Crippen LogP contribution in [0.1, 0.15) is 51.8 Å². The Bertz CT molecular complexity index is 985. The second-order valence-electron chi connectivity index (χ2n) is 4.69. The molecular formula is C15H3K5O10. The predicted octanol–water partition coefficient (Wildman–Crippen LogP) is -20.3. The molecule has 128 valence electrons. The fourth-order valence-electron chi connectivity index (χ4n) is 2.44. The molecule has 0 amide bonds. The summed E-state index contributed by atoms with van der Waals surface area (Å²) in [6.07, 6.45) is 0. The van der Waals surface area contributed by atoms with Crippen molar-refractivity contribution in [3.8, 4) is 0 Å². The molecule has 0 N–H and O–H groups in total. The Morgan fingerprint density at radius 2 is 0.867 bits per heavy atom. The van der Waals surface area contributed by atoms with Gasteiger partial charge < -0.3 is 49.5 Å². The van der Waals surface area contributed by atoms with Gasteiger partial charge in [0.25, 0.3) is 0 Å². The number of rotatable bonds is 5. The maximum Gasteiger partial charge on any atom is 1.00 e. The van der Waals surface area contributed by atoms with Gasteiger partial charge in [0.2, 0.25) is 0 Å². The van der Waals surface area contributed by atoms with E-state index in [2.05, 4.69) is 0 Å². The Kier molecular flexibility index (Phi) is 25.5. The van der Waals surface area contributed by atoms with Gasteiger partial charge in [0.05, 0.1) is 29.8 Å². The zero-order valence-corrected chi connectivity index (χ0v) is 32.4. The Morgan fingerprint density at radius 3 is 1.20 bits per heavy atom. The molecule has 2 aromatic rings. The average molecular weight is 539 g/mol. The maximum absolute atomic E-state index is 11.3. The fourth-order valence-corrected chi connectivity index (χ4v) is 2.44. The quantitative estimate of drug-likeness (QED) is 0.329. The van der Waals surface area contributed by atoms with Crippen LogP contribution in [0.2, 0.25) is 0 Å². The van der Waals surface area contributed by atoms with Gasteiger partial charge in [-0.3, -0.25) is 0 Å². The van der Waals surface area contributed by atoms with E-state index in [1.54, 1.807) is 0 Å². The molecule has 2 rings (SSSR count). The number of aromatic carboxylic acids is 5. The molecule has 0 aliphatic rings. The van der Waals surface area contributed by atoms with Crippen molar-refractivity contribution in [1.82, 2.24) is 0 Å². The van der Waals surface area contributed by atoms with Gasteiger partial charge in [-0.1, -0.05) is 12.1 Å². The molecule has 0 aliphatic heterocycles. The van der Waals surface area contributed by atoms with E-state index in [1.165, 1.54) is 0 Å². The summed E-state index contributed by atoms with van der Waals surface area (Å²) in [5.74, 6) is -10.6. The molecule has 0 aliphatic carbocycles. The summed E-state index contributed by atoms with van der Waals surface area (Å²) in [6.45, 7) is 0. The van der Waals surface area contributed by atoms with Crippen molar-refractivity contribution in [1.29, 1.82) is 0 Å². The van der Waals surface area contributed by atoms with Crippen LogP contribution in [0.25, 0.3) is 10.8 Å². The molecule has 0 unspecified atom stereocenters. The minimum atomic E-state index is -2.20. The number of carboxylic acid groups (broad SMARTS) is 5. The first-order valence-corrected chi connectivity index (χ1v) is 6.28. The van der Waals surface area contributed by atoms with Crippen molar-refractivity contribution in [3.63, 3.8) is 0 Å². The summed E-state index contributed by atoms with van der Waals surface area (Å²) in [5.41, 5.74) is -5.73. The van der Waals surface area contributed by atoms with Gasteiger partial charge in [0.1, 0.15) is 0 Å². The molecule has 0 bridgehead atoms. The van der Waals surface area contributed by atoms with Crippen LogP contribution in [0.15, 0.2) is 18.2 Å². The molecule has 0 fully saturated rings. The molecule has 0 saturated carbocycles. The van der Waals surface area contributed by atoms with Crippen molar-refractivity contribution in [3.05, 3.63) is 46.0 Å². The standard InChI is InChI=1S/C15H8O10.5K/c16-11(17)5-2-1-4-6(12(18)19)3-7(13(20)21)10(15(24)25)8(4)9(5)14(22)23;;;;;/h1-3H,(H,16,17)(H,18,19)(H,20,21)(H,22,23)(H,24,25);;;;;/q;5*+1/p-5. The van der Waals surface area contributed by atoms with Crippen molar-refractivity contribution < 1.29 is 306 Å². The Hall–Kier alpha value is 4.23. The summed E-state index contributed by atoms with van der Waals surface area (Å²) in [5, 5.41) is 54.4. The predicted molar refractivity (Wildman–Crippen MR) is 65.6 cm³/mol. The first-order chi connectivity index (χ1) is 11.6. The van der Waals surface area contributed by atoms with Crippen LogP contribution in [0.4, 0.5) is 0 Å². The Balaban J connectivity index is -0.000000676. The fraction of sp³-hybridized carbons (Fsp3) is 0. The minimum Gasteiger partial charge on any atom is -0.545 e. The van der Waals surface area contributed by atoms with Crippen LogP contribution in [0, 0.1) is 0 Å². The van der Waals surface area contributed by atoms with E-state index in [0.717, 1.165) is 6.07 Å². The van der Waals surface area contributed by atoms with Gasteiger partial charge in [-0.2, -0.15) is 0 Å². The molecule has 0 aromatic heterocycles. The smallest absolute Gasteiger partial charge is 0.545 e. The van der Waals surface area contributed by atoms with E-state index in [0.29, 0.717) is 12.1 Å². The van der Waals surface area contributed by atoms with Gasteiger partial charge in [-0.05, 0) is 11.5 Å². The molecular weight excluding hydrogens is 536 g/mol. The maximum atomic E-state index is 11.3. The minimum absolute atomic E-state index is 0. The molecule has 0 saturated heterocycles. The van der Waals surface area contributed by atoms with Gasteiger partial charge in [-0.15, -0.1) is 0 Å². The van der Waals surface area contributed by atoms with Gasteiger partial charge in [0.15, 0.2) is 0 Å². The van der Waals surface area contributed by atoms with E-state index < -0.39 is 68.4 Å². The first-order valence-electron chi connectivity index (χ1n) is 6.28. The number of benzene rings is 2. The van der Waals surface area contributed by atoms with E-state index in [1.807, 2.05) is 0 Å². The zero-order valence-electron chi connectivity index (χ0n) is 16.8. The van der Waals surface area contributed by atoms with Crippen LogP contribution in [-0.2, 0) is 0 Å². The van der Waals surface area contributed by atoms with Gasteiger partial charge >= 0.3 is 257 Å². The SMILES string of the molecule is O=C([O-])c1ccc2c(C(=O)[O-])cc(C(=O)[O-])c(C(=O)[O-])c2c1C(=O)[O-].[K+].[K+].[K+].[K+].[K+]. The molecule has 0 radical (unpaired) electrons. The molecule has 0 heterocycles. The molecule has 30 heavy (non-hydrogen) atoms. The number of carboxylic acids is 5. The van der Waals surface area contributed by atoms with E-state index in [-0.39, 0.29) is 257 Å². The third-order valence-corrected chi connectivity index (χ3v) is 3.37. The van der Waals surface area contributed by atoms with Crippen LogP contribution in [-0.4, -0.2) is 29.8 Å². The normalized spacial score (nSPS) is 8.67. The summed E-state index contributed by atoms with van der Waals surface area (Å²) in [7, 11) is 0. The monoisotopic (exact) mass is 538 g/mol. The molecule has 15 heteroatoms. The molecule has 2 aromatic carbocycles. The van der Waals surface area contributed by atoms with Crippen molar-refractivity contribution in [2.45, 2.75) is 0 Å². The van der Waals surface area contributed by atoms with Crippen molar-refractivity contribution in [2.75, 3.05) is 0 Å². The van der Waals surface area contributed by atoms with Gasteiger partial charge in [-0.25, -0.2) is 0 Å². The third-order valence-electron chi connectivity index (χ3n) is 3.37. The summed E-state index contributed by atoms with van der Waals surface area (Å²) in [4.78, 5) is 56.1. The summed E-state index contributed by atoms with van der Waals surface area (Å²) >= 11 is 0. The van der Waals surface area contributed by atoms with E-state index >= 15 is 0 Å². The molecule has 10 nitrogen and oxygen atoms in total. The van der Waals surface area contributed by atoms with E-state index in [9.17, 15) is 49.5 Å². The topological polar surface area (TPSA) is 201 Å². The zero-order chi connectivity index (χ0) is 19.0. The number of hydrogen-bond donors (Lipinski definition) is 0. The second-order valence-corrected chi connectivity index (χ2v) is 4.69. The van der Waals surface area contributed by atoms with Crippen LogP contribution in [0.5, 0.6) is 0 Å². The van der Waals surface area contributed by atoms with Crippen molar-refractivity contribution in [2.24, 2.45) is 0 Å². The number of carbonyl (C=O) groups is 5. The second kappa shape index (κ2) is 18.5. The molecule has 0 spiro atoms. The van der Waals surface area contributed by atoms with E-state index in [4.69, 9.17) is 0 Å². The summed E-state index contributed by atoms with van der Waals surface area (Å²) in [6, 6.07) is 1.80. The number of fused-ring (bicyclic) bond motifs is 1. The molecule has 0 atom stereocenters. The van der Waals surface area contributed by atoms with Crippen molar-refractivity contribution >= 4 is 40.6 Å². The van der Waals surface area contributed by atoms with Crippen LogP contribution >= 0.6 is 0 Å².